The van der Waals surface area contributed by atoms with Crippen LogP contribution in [0, 0.1) is 12.8 Å². The van der Waals surface area contributed by atoms with Crippen molar-refractivity contribution in [2.45, 2.75) is 60.3 Å². The molecule has 0 amide bonds. The average Bonchev–Trinajstić information content (AvgIpc) is 2.28. The van der Waals surface area contributed by atoms with Crippen LogP contribution in [0.4, 0.5) is 0 Å². The van der Waals surface area contributed by atoms with Gasteiger partial charge in [0.15, 0.2) is 0 Å². The molecule has 0 radical (unpaired) electrons. The third kappa shape index (κ3) is 2.63. The SMILES string of the molecule is CCc1c(O)c(C)c(CC(C)C)c(O)c1C(C)C. The van der Waals surface area contributed by atoms with Crippen LogP contribution >= 0.6 is 0 Å². The lowest BCUT2D eigenvalue weighted by Crippen LogP contribution is -2.05. The van der Waals surface area contributed by atoms with E-state index in [0.717, 1.165) is 35.1 Å². The topological polar surface area (TPSA) is 40.5 Å². The van der Waals surface area contributed by atoms with E-state index in [9.17, 15) is 10.2 Å². The molecule has 1 aromatic carbocycles. The fraction of sp³-hybridized carbons (Fsp3) is 0.625. The van der Waals surface area contributed by atoms with Crippen molar-refractivity contribution in [3.8, 4) is 11.5 Å². The summed E-state index contributed by atoms with van der Waals surface area (Å²) in [6.45, 7) is 12.3. The molecule has 18 heavy (non-hydrogen) atoms. The van der Waals surface area contributed by atoms with Crippen LogP contribution in [0.5, 0.6) is 11.5 Å². The second-order valence-electron chi connectivity index (χ2n) is 5.80. The van der Waals surface area contributed by atoms with Crippen molar-refractivity contribution in [3.05, 3.63) is 22.3 Å². The van der Waals surface area contributed by atoms with Crippen LogP contribution in [-0.2, 0) is 12.8 Å². The molecule has 0 aliphatic carbocycles. The smallest absolute Gasteiger partial charge is 0.123 e. The molecule has 0 fully saturated rings. The molecule has 0 spiro atoms. The summed E-state index contributed by atoms with van der Waals surface area (Å²) in [6.07, 6.45) is 1.55. The van der Waals surface area contributed by atoms with E-state index >= 15 is 0 Å². The summed E-state index contributed by atoms with van der Waals surface area (Å²) in [5, 5.41) is 20.8. The van der Waals surface area contributed by atoms with E-state index < -0.39 is 0 Å². The first-order chi connectivity index (χ1) is 8.31. The highest BCUT2D eigenvalue weighted by Gasteiger charge is 2.22. The van der Waals surface area contributed by atoms with Crippen molar-refractivity contribution in [3.63, 3.8) is 0 Å². The molecule has 1 rings (SSSR count). The number of aromatic hydroxyl groups is 2. The second kappa shape index (κ2) is 5.64. The third-order valence-corrected chi connectivity index (χ3v) is 3.50. The maximum absolute atomic E-state index is 10.5. The first-order valence-electron chi connectivity index (χ1n) is 6.87. The van der Waals surface area contributed by atoms with Crippen molar-refractivity contribution in [2.75, 3.05) is 0 Å². The van der Waals surface area contributed by atoms with Gasteiger partial charge in [0.1, 0.15) is 11.5 Å². The maximum Gasteiger partial charge on any atom is 0.123 e. The molecule has 2 nitrogen and oxygen atoms in total. The Hall–Kier alpha value is -1.18. The molecule has 0 atom stereocenters. The van der Waals surface area contributed by atoms with Gasteiger partial charge in [-0.25, -0.2) is 0 Å². The normalized spacial score (nSPS) is 11.6. The fourth-order valence-corrected chi connectivity index (χ4v) is 2.62. The van der Waals surface area contributed by atoms with Gasteiger partial charge in [-0.05, 0) is 37.2 Å². The Kier molecular flexibility index (Phi) is 4.66. The molecular weight excluding hydrogens is 224 g/mol. The van der Waals surface area contributed by atoms with E-state index in [0.29, 0.717) is 17.4 Å². The van der Waals surface area contributed by atoms with Gasteiger partial charge in [0, 0.05) is 16.7 Å². The minimum Gasteiger partial charge on any atom is -0.507 e. The Labute approximate surface area is 111 Å². The van der Waals surface area contributed by atoms with E-state index in [1.165, 1.54) is 0 Å². The molecule has 0 heterocycles. The van der Waals surface area contributed by atoms with Gasteiger partial charge in [-0.1, -0.05) is 34.6 Å². The molecule has 0 saturated heterocycles. The zero-order chi connectivity index (χ0) is 14.0. The van der Waals surface area contributed by atoms with Gasteiger partial charge < -0.3 is 10.2 Å². The van der Waals surface area contributed by atoms with Crippen LogP contribution in [0.25, 0.3) is 0 Å². The van der Waals surface area contributed by atoms with Crippen molar-refractivity contribution in [2.24, 2.45) is 5.92 Å². The van der Waals surface area contributed by atoms with E-state index in [2.05, 4.69) is 27.7 Å². The minimum atomic E-state index is 0.220. The maximum atomic E-state index is 10.5. The molecular formula is C16H26O2. The fourth-order valence-electron chi connectivity index (χ4n) is 2.62. The molecule has 0 saturated carbocycles. The number of rotatable bonds is 4. The monoisotopic (exact) mass is 250 g/mol. The van der Waals surface area contributed by atoms with Gasteiger partial charge in [-0.2, -0.15) is 0 Å². The summed E-state index contributed by atoms with van der Waals surface area (Å²) in [5.74, 6) is 1.44. The minimum absolute atomic E-state index is 0.220. The summed E-state index contributed by atoms with van der Waals surface area (Å²) in [4.78, 5) is 0. The molecule has 0 aromatic heterocycles. The number of phenols is 2. The van der Waals surface area contributed by atoms with Gasteiger partial charge in [0.25, 0.3) is 0 Å². The van der Waals surface area contributed by atoms with Crippen LogP contribution in [0.3, 0.4) is 0 Å². The highest BCUT2D eigenvalue weighted by atomic mass is 16.3. The zero-order valence-corrected chi connectivity index (χ0v) is 12.5. The van der Waals surface area contributed by atoms with Crippen LogP contribution in [0.2, 0.25) is 0 Å². The van der Waals surface area contributed by atoms with E-state index in [1.54, 1.807) is 0 Å². The quantitative estimate of drug-likeness (QED) is 0.783. The summed E-state index contributed by atoms with van der Waals surface area (Å²) >= 11 is 0. The molecule has 0 unspecified atom stereocenters. The number of hydrogen-bond acceptors (Lipinski definition) is 2. The third-order valence-electron chi connectivity index (χ3n) is 3.50. The Morgan fingerprint density at radius 1 is 0.944 bits per heavy atom. The predicted molar refractivity (Wildman–Crippen MR) is 76.5 cm³/mol. The summed E-state index contributed by atoms with van der Waals surface area (Å²) in [7, 11) is 0. The molecule has 0 aliphatic heterocycles. The van der Waals surface area contributed by atoms with E-state index in [4.69, 9.17) is 0 Å². The molecule has 1 aromatic rings. The van der Waals surface area contributed by atoms with E-state index in [-0.39, 0.29) is 5.92 Å². The zero-order valence-electron chi connectivity index (χ0n) is 12.5. The van der Waals surface area contributed by atoms with E-state index in [1.807, 2.05) is 13.8 Å². The average molecular weight is 250 g/mol. The van der Waals surface area contributed by atoms with Gasteiger partial charge >= 0.3 is 0 Å². The van der Waals surface area contributed by atoms with Gasteiger partial charge in [0.2, 0.25) is 0 Å². The summed E-state index contributed by atoms with van der Waals surface area (Å²) < 4.78 is 0. The van der Waals surface area contributed by atoms with Crippen molar-refractivity contribution >= 4 is 0 Å². The van der Waals surface area contributed by atoms with Crippen molar-refractivity contribution in [1.82, 2.24) is 0 Å². The van der Waals surface area contributed by atoms with Crippen molar-refractivity contribution in [1.29, 1.82) is 0 Å². The van der Waals surface area contributed by atoms with Gasteiger partial charge in [-0.3, -0.25) is 0 Å². The largest absolute Gasteiger partial charge is 0.507 e. The Bertz CT molecular complexity index is 431. The number of phenolic OH excluding ortho intramolecular Hbond substituents is 2. The summed E-state index contributed by atoms with van der Waals surface area (Å²) in [6, 6.07) is 0. The second-order valence-corrected chi connectivity index (χ2v) is 5.80. The molecule has 0 aliphatic rings. The first-order valence-corrected chi connectivity index (χ1v) is 6.87. The standard InChI is InChI=1S/C16H26O2/c1-7-12-14(10(4)5)16(18)13(8-9(2)3)11(6)15(12)17/h9-10,17-18H,7-8H2,1-6H3. The molecule has 0 bridgehead atoms. The number of hydrogen-bond donors (Lipinski definition) is 2. The molecule has 2 N–H and O–H groups in total. The molecule has 2 heteroatoms. The lowest BCUT2D eigenvalue weighted by Gasteiger charge is -2.22. The van der Waals surface area contributed by atoms with Crippen molar-refractivity contribution < 1.29 is 10.2 Å². The van der Waals surface area contributed by atoms with Crippen LogP contribution in [0.15, 0.2) is 0 Å². The predicted octanol–water partition coefficient (Wildman–Crippen LogP) is 4.29. The highest BCUT2D eigenvalue weighted by molar-refractivity contribution is 5.58. The lowest BCUT2D eigenvalue weighted by molar-refractivity contribution is 0.431. The van der Waals surface area contributed by atoms with Gasteiger partial charge in [0.05, 0.1) is 0 Å². The lowest BCUT2D eigenvalue weighted by atomic mass is 9.86. The van der Waals surface area contributed by atoms with Gasteiger partial charge in [-0.15, -0.1) is 0 Å². The highest BCUT2D eigenvalue weighted by Crippen LogP contribution is 2.42. The summed E-state index contributed by atoms with van der Waals surface area (Å²) in [5.41, 5.74) is 3.55. The first kappa shape index (κ1) is 14.9. The molecule has 102 valence electrons. The Balaban J connectivity index is 3.55. The Morgan fingerprint density at radius 2 is 1.50 bits per heavy atom. The van der Waals surface area contributed by atoms with Crippen LogP contribution < -0.4 is 0 Å². The van der Waals surface area contributed by atoms with Crippen LogP contribution in [-0.4, -0.2) is 10.2 Å². The Morgan fingerprint density at radius 3 is 1.89 bits per heavy atom. The van der Waals surface area contributed by atoms with Crippen LogP contribution in [0.1, 0.15) is 62.8 Å². The number of benzene rings is 1.